The van der Waals surface area contributed by atoms with E-state index in [2.05, 4.69) is 17.1 Å². The van der Waals surface area contributed by atoms with E-state index >= 15 is 0 Å². The summed E-state index contributed by atoms with van der Waals surface area (Å²) in [7, 11) is 0. The largest absolute Gasteiger partial charge is 0.378 e. The number of likely N-dealkylation sites (tertiary alicyclic amines) is 1. The maximum absolute atomic E-state index is 12.8. The summed E-state index contributed by atoms with van der Waals surface area (Å²) in [6.45, 7) is 9.02. The molecule has 1 aromatic rings. The zero-order valence-electron chi connectivity index (χ0n) is 15.1. The number of rotatable bonds is 4. The van der Waals surface area contributed by atoms with Gasteiger partial charge in [-0.15, -0.1) is 0 Å². The molecule has 0 bridgehead atoms. The van der Waals surface area contributed by atoms with Crippen molar-refractivity contribution in [3.05, 3.63) is 23.2 Å². The lowest BCUT2D eigenvalue weighted by molar-refractivity contribution is -0.133. The molecule has 6 heteroatoms. The van der Waals surface area contributed by atoms with Crippen molar-refractivity contribution in [2.24, 2.45) is 5.92 Å². The fraction of sp³-hybridized carbons (Fsp3) is 0.632. The van der Waals surface area contributed by atoms with Crippen molar-refractivity contribution in [1.29, 1.82) is 0 Å². The quantitative estimate of drug-likeness (QED) is 0.889. The number of piperidine rings is 1. The molecule has 0 saturated carbocycles. The second kappa shape index (κ2) is 8.28. The van der Waals surface area contributed by atoms with E-state index in [0.717, 1.165) is 57.2 Å². The van der Waals surface area contributed by atoms with Gasteiger partial charge < -0.3 is 19.9 Å². The van der Waals surface area contributed by atoms with Gasteiger partial charge in [-0.05, 0) is 43.9 Å². The van der Waals surface area contributed by atoms with E-state index in [9.17, 15) is 4.79 Å². The van der Waals surface area contributed by atoms with Gasteiger partial charge in [0.25, 0.3) is 0 Å². The molecule has 0 aromatic heterocycles. The Bertz CT molecular complexity index is 604. The molecule has 2 saturated heterocycles. The monoisotopic (exact) mass is 365 g/mol. The molecule has 2 heterocycles. The molecule has 2 atom stereocenters. The standard InChI is InChI=1S/C19H28ClN3O2/c1-14-4-3-7-23(13-14)19(24)15(2)21-17-12-16(20)5-6-18(17)22-8-10-25-11-9-22/h5-6,12,14-15,21H,3-4,7-11,13H2,1-2H3/t14-,15-/m0/s1. The maximum atomic E-state index is 12.8. The molecular weight excluding hydrogens is 338 g/mol. The molecule has 1 aromatic carbocycles. The van der Waals surface area contributed by atoms with Gasteiger partial charge in [0.05, 0.1) is 24.6 Å². The van der Waals surface area contributed by atoms with E-state index in [1.807, 2.05) is 30.0 Å². The van der Waals surface area contributed by atoms with Crippen molar-refractivity contribution in [1.82, 2.24) is 4.90 Å². The molecule has 2 fully saturated rings. The molecule has 0 spiro atoms. The fourth-order valence-electron chi connectivity index (χ4n) is 3.66. The average Bonchev–Trinajstić information content (AvgIpc) is 2.62. The Morgan fingerprint density at radius 2 is 2.08 bits per heavy atom. The van der Waals surface area contributed by atoms with Gasteiger partial charge in [-0.3, -0.25) is 4.79 Å². The van der Waals surface area contributed by atoms with Crippen LogP contribution >= 0.6 is 11.6 Å². The number of nitrogens with one attached hydrogen (secondary N) is 1. The third kappa shape index (κ3) is 4.59. The number of carbonyl (C=O) groups is 1. The van der Waals surface area contributed by atoms with Crippen LogP contribution in [0.2, 0.25) is 5.02 Å². The Morgan fingerprint density at radius 1 is 1.32 bits per heavy atom. The zero-order valence-corrected chi connectivity index (χ0v) is 15.9. The summed E-state index contributed by atoms with van der Waals surface area (Å²) in [6, 6.07) is 5.56. The fourth-order valence-corrected chi connectivity index (χ4v) is 3.83. The van der Waals surface area contributed by atoms with E-state index in [0.29, 0.717) is 10.9 Å². The third-order valence-corrected chi connectivity index (χ3v) is 5.26. The summed E-state index contributed by atoms with van der Waals surface area (Å²) in [5.74, 6) is 0.749. The molecule has 25 heavy (non-hydrogen) atoms. The Labute approximate surface area is 155 Å². The number of benzene rings is 1. The molecule has 0 aliphatic carbocycles. The number of carbonyl (C=O) groups excluding carboxylic acids is 1. The van der Waals surface area contributed by atoms with Crippen LogP contribution < -0.4 is 10.2 Å². The van der Waals surface area contributed by atoms with E-state index in [4.69, 9.17) is 16.3 Å². The highest BCUT2D eigenvalue weighted by Gasteiger charge is 2.26. The lowest BCUT2D eigenvalue weighted by Crippen LogP contribution is -2.46. The number of halogens is 1. The van der Waals surface area contributed by atoms with Gasteiger partial charge >= 0.3 is 0 Å². The van der Waals surface area contributed by atoms with E-state index in [1.165, 1.54) is 6.42 Å². The Kier molecular flexibility index (Phi) is 6.07. The summed E-state index contributed by atoms with van der Waals surface area (Å²) in [6.07, 6.45) is 2.30. The van der Waals surface area contributed by atoms with Gasteiger partial charge in [0.2, 0.25) is 5.91 Å². The second-order valence-corrected chi connectivity index (χ2v) is 7.60. The summed E-state index contributed by atoms with van der Waals surface area (Å²) < 4.78 is 5.44. The molecule has 2 aliphatic heterocycles. The number of hydrogen-bond donors (Lipinski definition) is 1. The summed E-state index contributed by atoms with van der Waals surface area (Å²) in [4.78, 5) is 17.1. The molecule has 0 radical (unpaired) electrons. The van der Waals surface area contributed by atoms with Crippen molar-refractivity contribution >= 4 is 28.9 Å². The molecule has 1 N–H and O–H groups in total. The highest BCUT2D eigenvalue weighted by atomic mass is 35.5. The first-order chi connectivity index (χ1) is 12.0. The highest BCUT2D eigenvalue weighted by Crippen LogP contribution is 2.30. The van der Waals surface area contributed by atoms with Crippen molar-refractivity contribution in [2.45, 2.75) is 32.7 Å². The van der Waals surface area contributed by atoms with Crippen molar-refractivity contribution in [3.63, 3.8) is 0 Å². The number of ether oxygens (including phenoxy) is 1. The predicted molar refractivity (Wildman–Crippen MR) is 103 cm³/mol. The minimum Gasteiger partial charge on any atom is -0.378 e. The highest BCUT2D eigenvalue weighted by molar-refractivity contribution is 6.31. The van der Waals surface area contributed by atoms with E-state index in [1.54, 1.807) is 0 Å². The van der Waals surface area contributed by atoms with Crippen LogP contribution in [0, 0.1) is 5.92 Å². The lowest BCUT2D eigenvalue weighted by atomic mass is 10.00. The summed E-state index contributed by atoms with van der Waals surface area (Å²) >= 11 is 6.21. The van der Waals surface area contributed by atoms with Crippen LogP contribution in [-0.4, -0.2) is 56.2 Å². The maximum Gasteiger partial charge on any atom is 0.244 e. The van der Waals surface area contributed by atoms with Crippen LogP contribution in [0.4, 0.5) is 11.4 Å². The molecule has 2 aliphatic rings. The van der Waals surface area contributed by atoms with Gasteiger partial charge in [0.15, 0.2) is 0 Å². The molecule has 1 amide bonds. The van der Waals surface area contributed by atoms with Gasteiger partial charge in [-0.25, -0.2) is 0 Å². The minimum atomic E-state index is -0.274. The number of amides is 1. The van der Waals surface area contributed by atoms with Gasteiger partial charge in [0.1, 0.15) is 6.04 Å². The third-order valence-electron chi connectivity index (χ3n) is 5.02. The topological polar surface area (TPSA) is 44.8 Å². The van der Waals surface area contributed by atoms with Crippen LogP contribution in [0.3, 0.4) is 0 Å². The number of hydrogen-bond acceptors (Lipinski definition) is 4. The van der Waals surface area contributed by atoms with Gasteiger partial charge in [-0.1, -0.05) is 18.5 Å². The number of nitrogens with zero attached hydrogens (tertiary/aromatic N) is 2. The van der Waals surface area contributed by atoms with Crippen LogP contribution in [0.15, 0.2) is 18.2 Å². The van der Waals surface area contributed by atoms with Gasteiger partial charge in [0, 0.05) is 31.2 Å². The first kappa shape index (κ1) is 18.3. The Balaban J connectivity index is 1.72. The van der Waals surface area contributed by atoms with Crippen molar-refractivity contribution in [3.8, 4) is 0 Å². The molecular formula is C19H28ClN3O2. The molecule has 5 nitrogen and oxygen atoms in total. The molecule has 3 rings (SSSR count). The predicted octanol–water partition coefficient (Wildman–Crippen LogP) is 3.24. The van der Waals surface area contributed by atoms with Crippen molar-refractivity contribution < 1.29 is 9.53 Å². The molecule has 138 valence electrons. The minimum absolute atomic E-state index is 0.166. The van der Waals surface area contributed by atoms with Crippen LogP contribution in [0.5, 0.6) is 0 Å². The van der Waals surface area contributed by atoms with Crippen molar-refractivity contribution in [2.75, 3.05) is 49.6 Å². The SMILES string of the molecule is C[C@H]1CCCN(C(=O)[C@H](C)Nc2cc(Cl)ccc2N2CCOCC2)C1. The van der Waals surface area contributed by atoms with E-state index in [-0.39, 0.29) is 11.9 Å². The Morgan fingerprint density at radius 3 is 2.80 bits per heavy atom. The average molecular weight is 366 g/mol. The zero-order chi connectivity index (χ0) is 17.8. The smallest absolute Gasteiger partial charge is 0.244 e. The van der Waals surface area contributed by atoms with Crippen LogP contribution in [0.1, 0.15) is 26.7 Å². The van der Waals surface area contributed by atoms with Gasteiger partial charge in [-0.2, -0.15) is 0 Å². The van der Waals surface area contributed by atoms with E-state index < -0.39 is 0 Å². The van der Waals surface area contributed by atoms with Crippen LogP contribution in [0.25, 0.3) is 0 Å². The number of anilines is 2. The summed E-state index contributed by atoms with van der Waals surface area (Å²) in [5.41, 5.74) is 2.00. The Hall–Kier alpha value is -1.46. The number of morpholine rings is 1. The lowest BCUT2D eigenvalue weighted by Gasteiger charge is -2.34. The van der Waals surface area contributed by atoms with Crippen LogP contribution in [-0.2, 0) is 9.53 Å². The second-order valence-electron chi connectivity index (χ2n) is 7.16. The normalized spacial score (nSPS) is 22.6. The molecule has 0 unspecified atom stereocenters. The first-order valence-corrected chi connectivity index (χ1v) is 9.60. The first-order valence-electron chi connectivity index (χ1n) is 9.22. The summed E-state index contributed by atoms with van der Waals surface area (Å²) in [5, 5.41) is 4.07.